The minimum Gasteiger partial charge on any atom is -0.496 e. The van der Waals surface area contributed by atoms with Gasteiger partial charge >= 0.3 is 6.47 Å². The molecule has 1 aromatic carbocycles. The molecule has 4 saturated carbocycles. The van der Waals surface area contributed by atoms with Gasteiger partial charge in [-0.1, -0.05) is 16.4 Å². The molecule has 0 heterocycles. The van der Waals surface area contributed by atoms with Crippen LogP contribution in [0.25, 0.3) is 5.76 Å². The highest BCUT2D eigenvalue weighted by Crippen LogP contribution is 2.61. The van der Waals surface area contributed by atoms with Crippen molar-refractivity contribution < 1.29 is 14.3 Å². The fraction of sp³-hybridized carbons (Fsp3) is 0.526. The Balaban J connectivity index is 1.78. The topological polar surface area (TPSA) is 35.5 Å². The average Bonchev–Trinajstić information content (AvgIpc) is 2.49. The summed E-state index contributed by atoms with van der Waals surface area (Å²) in [5.41, 5.74) is 2.22. The van der Waals surface area contributed by atoms with Crippen molar-refractivity contribution in [3.63, 3.8) is 0 Å². The van der Waals surface area contributed by atoms with E-state index < -0.39 is 0 Å². The van der Waals surface area contributed by atoms with Gasteiger partial charge in [-0.25, -0.2) is 0 Å². The van der Waals surface area contributed by atoms with Gasteiger partial charge in [0.15, 0.2) is 0 Å². The SMILES string of the molecule is COC(=C1C2CC3CC1CC(Cl)(C3)C2)c1cc(Cl)cc(O[C+]=O)c1. The molecule has 4 fully saturated rings. The van der Waals surface area contributed by atoms with E-state index in [9.17, 15) is 4.79 Å². The van der Waals surface area contributed by atoms with Crippen LogP contribution in [0.1, 0.15) is 37.7 Å². The Hall–Kier alpha value is -1.28. The fourth-order valence-electron chi connectivity index (χ4n) is 5.27. The molecule has 0 spiro atoms. The van der Waals surface area contributed by atoms with Gasteiger partial charge in [0.1, 0.15) is 5.76 Å². The fourth-order valence-corrected chi connectivity index (χ4v) is 6.08. The van der Waals surface area contributed by atoms with Gasteiger partial charge in [-0.3, -0.25) is 0 Å². The van der Waals surface area contributed by atoms with E-state index in [0.717, 1.165) is 36.5 Å². The van der Waals surface area contributed by atoms with Crippen LogP contribution in [0.2, 0.25) is 5.02 Å². The second kappa shape index (κ2) is 5.91. The molecule has 0 aliphatic heterocycles. The van der Waals surface area contributed by atoms with Crippen molar-refractivity contribution in [3.8, 4) is 5.75 Å². The Morgan fingerprint density at radius 1 is 1.21 bits per heavy atom. The molecule has 3 nitrogen and oxygen atoms in total. The second-order valence-electron chi connectivity index (χ2n) is 7.34. The number of hydrogen-bond donors (Lipinski definition) is 0. The lowest BCUT2D eigenvalue weighted by Crippen LogP contribution is -2.48. The third kappa shape index (κ3) is 2.69. The first-order chi connectivity index (χ1) is 11.5. The van der Waals surface area contributed by atoms with Gasteiger partial charge < -0.3 is 4.74 Å². The number of rotatable bonds is 4. The normalized spacial score (nSPS) is 33.3. The summed E-state index contributed by atoms with van der Waals surface area (Å²) in [5.74, 6) is 2.93. The molecular weight excluding hydrogens is 347 g/mol. The van der Waals surface area contributed by atoms with Crippen molar-refractivity contribution in [2.24, 2.45) is 17.8 Å². The van der Waals surface area contributed by atoms with Crippen LogP contribution in [0.5, 0.6) is 5.75 Å². The van der Waals surface area contributed by atoms with Gasteiger partial charge in [-0.15, -0.1) is 11.6 Å². The molecule has 4 bridgehead atoms. The van der Waals surface area contributed by atoms with Crippen molar-refractivity contribution in [2.75, 3.05) is 7.11 Å². The first kappa shape index (κ1) is 16.2. The summed E-state index contributed by atoms with van der Waals surface area (Å²) in [4.78, 5) is 10.5. The van der Waals surface area contributed by atoms with Crippen molar-refractivity contribution in [1.82, 2.24) is 0 Å². The molecule has 0 saturated heterocycles. The lowest BCUT2D eigenvalue weighted by Gasteiger charge is -2.55. The molecular formula is C19H19Cl2O3+. The molecule has 2 atom stereocenters. The van der Waals surface area contributed by atoms with E-state index in [4.69, 9.17) is 32.7 Å². The van der Waals surface area contributed by atoms with Gasteiger partial charge in [-0.2, -0.15) is 4.74 Å². The van der Waals surface area contributed by atoms with Crippen LogP contribution < -0.4 is 4.74 Å². The summed E-state index contributed by atoms with van der Waals surface area (Å²) in [6.45, 7) is 1.45. The van der Waals surface area contributed by atoms with Crippen molar-refractivity contribution in [2.45, 2.75) is 37.0 Å². The van der Waals surface area contributed by atoms with E-state index in [1.807, 2.05) is 6.07 Å². The van der Waals surface area contributed by atoms with E-state index in [1.54, 1.807) is 19.2 Å². The quantitative estimate of drug-likeness (QED) is 0.429. The van der Waals surface area contributed by atoms with Crippen molar-refractivity contribution >= 4 is 35.4 Å². The summed E-state index contributed by atoms with van der Waals surface area (Å²) in [7, 11) is 1.69. The zero-order valence-electron chi connectivity index (χ0n) is 13.5. The van der Waals surface area contributed by atoms with E-state index in [-0.39, 0.29) is 4.87 Å². The molecule has 0 radical (unpaired) electrons. The van der Waals surface area contributed by atoms with Crippen LogP contribution in [0, 0.1) is 17.8 Å². The maximum Gasteiger partial charge on any atom is 0.575 e. The predicted molar refractivity (Wildman–Crippen MR) is 93.8 cm³/mol. The van der Waals surface area contributed by atoms with Gasteiger partial charge in [0.2, 0.25) is 0 Å². The van der Waals surface area contributed by atoms with E-state index >= 15 is 0 Å². The summed E-state index contributed by atoms with van der Waals surface area (Å²) >= 11 is 13.0. The summed E-state index contributed by atoms with van der Waals surface area (Å²) in [6.07, 6.45) is 5.59. The minimum absolute atomic E-state index is 0.0199. The van der Waals surface area contributed by atoms with Crippen LogP contribution in [-0.4, -0.2) is 18.5 Å². The zero-order chi connectivity index (χ0) is 16.9. The number of hydrogen-bond acceptors (Lipinski definition) is 3. The lowest BCUT2D eigenvalue weighted by atomic mass is 9.53. The van der Waals surface area contributed by atoms with Crippen molar-refractivity contribution in [3.05, 3.63) is 34.4 Å². The Kier molecular flexibility index (Phi) is 3.99. The van der Waals surface area contributed by atoms with E-state index in [1.165, 1.54) is 24.9 Å². The lowest BCUT2D eigenvalue weighted by molar-refractivity contribution is 0.0843. The smallest absolute Gasteiger partial charge is 0.496 e. The van der Waals surface area contributed by atoms with Crippen LogP contribution >= 0.6 is 23.2 Å². The number of methoxy groups -OCH3 is 1. The Labute approximate surface area is 151 Å². The molecule has 5 heteroatoms. The summed E-state index contributed by atoms with van der Waals surface area (Å²) in [5, 5.41) is 0.505. The zero-order valence-corrected chi connectivity index (χ0v) is 15.0. The van der Waals surface area contributed by atoms with Crippen LogP contribution in [-0.2, 0) is 9.53 Å². The third-order valence-corrected chi connectivity index (χ3v) is 6.43. The molecule has 2 unspecified atom stereocenters. The maximum atomic E-state index is 10.5. The molecule has 1 aromatic rings. The van der Waals surface area contributed by atoms with Crippen molar-refractivity contribution in [1.29, 1.82) is 0 Å². The molecule has 0 N–H and O–H groups in total. The molecule has 4 aliphatic carbocycles. The van der Waals surface area contributed by atoms with Gasteiger partial charge in [0.05, 0.1) is 24.3 Å². The first-order valence-electron chi connectivity index (χ1n) is 8.33. The average molecular weight is 366 g/mol. The number of halogens is 2. The Morgan fingerprint density at radius 2 is 1.92 bits per heavy atom. The highest BCUT2D eigenvalue weighted by molar-refractivity contribution is 6.30. The molecule has 5 rings (SSSR count). The third-order valence-electron chi connectivity index (χ3n) is 5.75. The predicted octanol–water partition coefficient (Wildman–Crippen LogP) is 4.96. The Morgan fingerprint density at radius 3 is 2.50 bits per heavy atom. The van der Waals surface area contributed by atoms with Gasteiger partial charge in [-0.05, 0) is 61.5 Å². The molecule has 24 heavy (non-hydrogen) atoms. The first-order valence-corrected chi connectivity index (χ1v) is 9.09. The molecule has 0 amide bonds. The molecule has 0 aromatic heterocycles. The monoisotopic (exact) mass is 365 g/mol. The minimum atomic E-state index is -0.0199. The van der Waals surface area contributed by atoms with E-state index in [2.05, 4.69) is 0 Å². The van der Waals surface area contributed by atoms with Gasteiger partial charge in [0.25, 0.3) is 5.75 Å². The number of ether oxygens (including phenoxy) is 2. The van der Waals surface area contributed by atoms with E-state index in [0.29, 0.717) is 22.6 Å². The maximum absolute atomic E-state index is 10.5. The number of allylic oxidation sites excluding steroid dienone is 1. The van der Waals surface area contributed by atoms with Gasteiger partial charge in [0, 0.05) is 10.4 Å². The summed E-state index contributed by atoms with van der Waals surface area (Å²) in [6, 6.07) is 5.23. The Bertz CT molecular complexity index is 695. The summed E-state index contributed by atoms with van der Waals surface area (Å²) < 4.78 is 10.7. The molecule has 4 aliphatic rings. The number of benzene rings is 1. The van der Waals surface area contributed by atoms with Crippen LogP contribution in [0.4, 0.5) is 0 Å². The highest BCUT2D eigenvalue weighted by atomic mass is 35.5. The largest absolute Gasteiger partial charge is 0.575 e. The second-order valence-corrected chi connectivity index (χ2v) is 8.58. The highest BCUT2D eigenvalue weighted by Gasteiger charge is 2.53. The molecule has 126 valence electrons. The number of alkyl halides is 1. The van der Waals surface area contributed by atoms with Crippen LogP contribution in [0.3, 0.4) is 0 Å². The standard InChI is InChI=1S/C19H19Cl2O3/c1-23-18(12-4-15(20)6-16(5-12)24-10-22)17-13-2-11-3-14(17)9-19(21,7-11)8-13/h4-6,11,13-14H,2-3,7-9H2,1H3/q+1. The van der Waals surface area contributed by atoms with Crippen LogP contribution in [0.15, 0.2) is 23.8 Å². The number of carbonyl (C=O) groups excluding carboxylic acids is 1.